The lowest BCUT2D eigenvalue weighted by Crippen LogP contribution is -2.29. The van der Waals surface area contributed by atoms with Crippen LogP contribution < -0.4 is 11.1 Å². The fourth-order valence-electron chi connectivity index (χ4n) is 2.48. The molecule has 1 aliphatic carbocycles. The first-order chi connectivity index (χ1) is 7.75. The quantitative estimate of drug-likeness (QED) is 0.793. The fourth-order valence-corrected chi connectivity index (χ4v) is 2.48. The van der Waals surface area contributed by atoms with Gasteiger partial charge in [0.1, 0.15) is 0 Å². The molecule has 2 heterocycles. The van der Waals surface area contributed by atoms with Crippen LogP contribution >= 0.6 is 0 Å². The summed E-state index contributed by atoms with van der Waals surface area (Å²) in [5.41, 5.74) is 7.52. The smallest absolute Gasteiger partial charge is 0.0543 e. The van der Waals surface area contributed by atoms with Gasteiger partial charge < -0.3 is 11.1 Å². The monoisotopic (exact) mass is 220 g/mol. The van der Waals surface area contributed by atoms with Crippen molar-refractivity contribution >= 4 is 0 Å². The van der Waals surface area contributed by atoms with Gasteiger partial charge in [-0.3, -0.25) is 4.68 Å². The maximum atomic E-state index is 6.12. The van der Waals surface area contributed by atoms with E-state index in [2.05, 4.69) is 21.3 Å². The van der Waals surface area contributed by atoms with Gasteiger partial charge in [0.2, 0.25) is 0 Å². The van der Waals surface area contributed by atoms with E-state index in [1.165, 1.54) is 31.2 Å². The van der Waals surface area contributed by atoms with E-state index < -0.39 is 0 Å². The molecule has 1 aromatic heterocycles. The van der Waals surface area contributed by atoms with Gasteiger partial charge in [-0.15, -0.1) is 0 Å². The fraction of sp³-hybridized carbons (Fsp3) is 0.750. The van der Waals surface area contributed by atoms with Crippen LogP contribution in [0.3, 0.4) is 0 Å². The Morgan fingerprint density at radius 1 is 1.44 bits per heavy atom. The van der Waals surface area contributed by atoms with Gasteiger partial charge in [-0.25, -0.2) is 0 Å². The van der Waals surface area contributed by atoms with Crippen molar-refractivity contribution < 1.29 is 0 Å². The minimum atomic E-state index is 0.0992. The van der Waals surface area contributed by atoms with Crippen LogP contribution in [-0.4, -0.2) is 28.4 Å². The first-order valence-electron chi connectivity index (χ1n) is 6.28. The normalized spacial score (nSPS) is 24.6. The van der Waals surface area contributed by atoms with E-state index >= 15 is 0 Å². The second-order valence-electron chi connectivity index (χ2n) is 5.35. The van der Waals surface area contributed by atoms with Crippen molar-refractivity contribution in [2.24, 2.45) is 5.73 Å². The molecular weight excluding hydrogens is 200 g/mol. The molecule has 2 fully saturated rings. The Bertz CT molecular complexity index is 361. The van der Waals surface area contributed by atoms with Crippen molar-refractivity contribution in [2.45, 2.75) is 43.7 Å². The molecule has 0 atom stereocenters. The Morgan fingerprint density at radius 2 is 2.19 bits per heavy atom. The summed E-state index contributed by atoms with van der Waals surface area (Å²) in [4.78, 5) is 0. The van der Waals surface area contributed by atoms with Crippen LogP contribution in [0.5, 0.6) is 0 Å². The topological polar surface area (TPSA) is 55.9 Å². The van der Waals surface area contributed by atoms with Crippen LogP contribution in [0, 0.1) is 0 Å². The van der Waals surface area contributed by atoms with Gasteiger partial charge in [0.25, 0.3) is 0 Å². The van der Waals surface area contributed by atoms with Crippen LogP contribution in [0.2, 0.25) is 0 Å². The van der Waals surface area contributed by atoms with E-state index in [0.29, 0.717) is 6.04 Å². The molecule has 0 spiro atoms. The Hall–Kier alpha value is -0.870. The van der Waals surface area contributed by atoms with Crippen molar-refractivity contribution in [1.29, 1.82) is 0 Å². The lowest BCUT2D eigenvalue weighted by molar-refractivity contribution is 0.343. The SMILES string of the molecule is NC1(Cc2cnn(C3CCNCC3)c2)CC1. The van der Waals surface area contributed by atoms with E-state index in [9.17, 15) is 0 Å². The zero-order valence-corrected chi connectivity index (χ0v) is 9.65. The molecule has 3 N–H and O–H groups in total. The summed E-state index contributed by atoms with van der Waals surface area (Å²) in [7, 11) is 0. The predicted octanol–water partition coefficient (Wildman–Crippen LogP) is 0.841. The minimum absolute atomic E-state index is 0.0992. The highest BCUT2D eigenvalue weighted by atomic mass is 15.3. The summed E-state index contributed by atoms with van der Waals surface area (Å²) in [6.45, 7) is 2.22. The lowest BCUT2D eigenvalue weighted by atomic mass is 10.1. The van der Waals surface area contributed by atoms with Gasteiger partial charge in [0.15, 0.2) is 0 Å². The molecule has 4 heteroatoms. The highest BCUT2D eigenvalue weighted by Crippen LogP contribution is 2.35. The Kier molecular flexibility index (Phi) is 2.48. The predicted molar refractivity (Wildman–Crippen MR) is 63.2 cm³/mol. The van der Waals surface area contributed by atoms with Crippen molar-refractivity contribution in [3.8, 4) is 0 Å². The zero-order valence-electron chi connectivity index (χ0n) is 9.65. The third kappa shape index (κ3) is 2.13. The maximum Gasteiger partial charge on any atom is 0.0543 e. The second kappa shape index (κ2) is 3.86. The van der Waals surface area contributed by atoms with Crippen molar-refractivity contribution in [2.75, 3.05) is 13.1 Å². The van der Waals surface area contributed by atoms with Gasteiger partial charge in [-0.05, 0) is 50.8 Å². The molecule has 0 aromatic carbocycles. The number of rotatable bonds is 3. The van der Waals surface area contributed by atoms with E-state index in [1.54, 1.807) is 0 Å². The maximum absolute atomic E-state index is 6.12. The number of hydrogen-bond donors (Lipinski definition) is 2. The van der Waals surface area contributed by atoms with Gasteiger partial charge in [0.05, 0.1) is 12.2 Å². The molecule has 0 radical (unpaired) electrons. The molecule has 88 valence electrons. The summed E-state index contributed by atoms with van der Waals surface area (Å²) < 4.78 is 2.14. The molecule has 0 amide bonds. The van der Waals surface area contributed by atoms with Crippen molar-refractivity contribution in [3.63, 3.8) is 0 Å². The average molecular weight is 220 g/mol. The molecule has 1 aliphatic heterocycles. The van der Waals surface area contributed by atoms with Gasteiger partial charge in [-0.2, -0.15) is 5.10 Å². The summed E-state index contributed by atoms with van der Waals surface area (Å²) in [5, 5.41) is 7.86. The lowest BCUT2D eigenvalue weighted by Gasteiger charge is -2.22. The highest BCUT2D eigenvalue weighted by molar-refractivity contribution is 5.15. The molecule has 16 heavy (non-hydrogen) atoms. The van der Waals surface area contributed by atoms with E-state index in [4.69, 9.17) is 5.73 Å². The third-order valence-corrected chi connectivity index (χ3v) is 3.79. The van der Waals surface area contributed by atoms with Crippen LogP contribution in [0.4, 0.5) is 0 Å². The van der Waals surface area contributed by atoms with E-state index in [0.717, 1.165) is 19.5 Å². The molecule has 3 rings (SSSR count). The number of nitrogens with one attached hydrogen (secondary N) is 1. The summed E-state index contributed by atoms with van der Waals surface area (Å²) in [5.74, 6) is 0. The Morgan fingerprint density at radius 3 is 2.88 bits per heavy atom. The number of piperidine rings is 1. The van der Waals surface area contributed by atoms with Gasteiger partial charge in [-0.1, -0.05) is 0 Å². The average Bonchev–Trinajstić information content (AvgIpc) is 2.86. The highest BCUT2D eigenvalue weighted by Gasteiger charge is 2.38. The Balaban J connectivity index is 1.66. The van der Waals surface area contributed by atoms with Gasteiger partial charge >= 0.3 is 0 Å². The van der Waals surface area contributed by atoms with E-state index in [-0.39, 0.29) is 5.54 Å². The Labute approximate surface area is 96.2 Å². The summed E-state index contributed by atoms with van der Waals surface area (Å²) >= 11 is 0. The number of nitrogens with two attached hydrogens (primary N) is 1. The largest absolute Gasteiger partial charge is 0.325 e. The zero-order chi connectivity index (χ0) is 11.0. The molecule has 1 saturated heterocycles. The molecule has 0 unspecified atom stereocenters. The molecule has 1 aromatic rings. The van der Waals surface area contributed by atoms with Crippen LogP contribution in [-0.2, 0) is 6.42 Å². The third-order valence-electron chi connectivity index (χ3n) is 3.79. The first kappa shape index (κ1) is 10.3. The van der Waals surface area contributed by atoms with Crippen molar-refractivity contribution in [3.05, 3.63) is 18.0 Å². The second-order valence-corrected chi connectivity index (χ2v) is 5.35. The molecule has 4 nitrogen and oxygen atoms in total. The number of hydrogen-bond acceptors (Lipinski definition) is 3. The van der Waals surface area contributed by atoms with Crippen LogP contribution in [0.25, 0.3) is 0 Å². The molecule has 1 saturated carbocycles. The van der Waals surface area contributed by atoms with E-state index in [1.807, 2.05) is 6.20 Å². The minimum Gasteiger partial charge on any atom is -0.325 e. The molecular formula is C12H20N4. The number of aromatic nitrogens is 2. The molecule has 2 aliphatic rings. The van der Waals surface area contributed by atoms with Gasteiger partial charge in [0, 0.05) is 11.7 Å². The first-order valence-corrected chi connectivity index (χ1v) is 6.28. The summed E-state index contributed by atoms with van der Waals surface area (Å²) in [6.07, 6.45) is 9.91. The number of nitrogens with zero attached hydrogens (tertiary/aromatic N) is 2. The standard InChI is InChI=1S/C12H20N4/c13-12(3-4-12)7-10-8-15-16(9-10)11-1-5-14-6-2-11/h8-9,11,14H,1-7,13H2. The van der Waals surface area contributed by atoms with Crippen molar-refractivity contribution in [1.82, 2.24) is 15.1 Å². The van der Waals surface area contributed by atoms with Crippen LogP contribution in [0.15, 0.2) is 12.4 Å². The van der Waals surface area contributed by atoms with Crippen LogP contribution in [0.1, 0.15) is 37.3 Å². The summed E-state index contributed by atoms with van der Waals surface area (Å²) in [6, 6.07) is 0.586. The molecule has 0 bridgehead atoms.